The van der Waals surface area contributed by atoms with Gasteiger partial charge in [-0.25, -0.2) is 0 Å². The first kappa shape index (κ1) is 22.2. The van der Waals surface area contributed by atoms with E-state index in [1.165, 1.54) is 22.3 Å². The summed E-state index contributed by atoms with van der Waals surface area (Å²) in [6.07, 6.45) is 10.5. The summed E-state index contributed by atoms with van der Waals surface area (Å²) >= 11 is -2.34. The smallest absolute Gasteiger partial charge is 1.00 e. The van der Waals surface area contributed by atoms with Gasteiger partial charge in [0.25, 0.3) is 0 Å². The topological polar surface area (TPSA) is 0 Å². The predicted octanol–water partition coefficient (Wildman–Crippen LogP) is -0.336. The van der Waals surface area contributed by atoms with Crippen LogP contribution in [0.2, 0.25) is 3.67 Å². The number of benzene rings is 3. The van der Waals surface area contributed by atoms with Crippen molar-refractivity contribution < 1.29 is 45.8 Å². The fourth-order valence-corrected chi connectivity index (χ4v) is 15.9. The van der Waals surface area contributed by atoms with Gasteiger partial charge in [-0.3, -0.25) is 0 Å². The summed E-state index contributed by atoms with van der Waals surface area (Å²) in [6.45, 7) is 2.40. The fourth-order valence-electron chi connectivity index (χ4n) is 4.51. The average Bonchev–Trinajstić information content (AvgIpc) is 3.37. The third-order valence-corrected chi connectivity index (χ3v) is 17.3. The molecule has 2 aliphatic carbocycles. The van der Waals surface area contributed by atoms with E-state index < -0.39 is 21.0 Å². The van der Waals surface area contributed by atoms with Gasteiger partial charge < -0.3 is 24.8 Å². The van der Waals surface area contributed by atoms with Gasteiger partial charge in [-0.2, -0.15) is 0 Å². The van der Waals surface area contributed by atoms with Gasteiger partial charge in [0.2, 0.25) is 0 Å². The van der Waals surface area contributed by atoms with Crippen LogP contribution in [0.4, 0.5) is 0 Å². The summed E-state index contributed by atoms with van der Waals surface area (Å²) in [5.41, 5.74) is 7.43. The van der Waals surface area contributed by atoms with Crippen LogP contribution in [0.1, 0.15) is 23.6 Å². The minimum atomic E-state index is -2.34. The van der Waals surface area contributed by atoms with Gasteiger partial charge in [0, 0.05) is 0 Å². The van der Waals surface area contributed by atoms with Crippen molar-refractivity contribution >= 4 is 6.58 Å². The van der Waals surface area contributed by atoms with Gasteiger partial charge in [-0.15, -0.1) is 0 Å². The zero-order valence-corrected chi connectivity index (χ0v) is 21.4. The summed E-state index contributed by atoms with van der Waals surface area (Å²) in [5, 5.41) is 0. The van der Waals surface area contributed by atoms with E-state index in [4.69, 9.17) is 0 Å². The molecule has 0 radical (unpaired) electrons. The molecule has 0 spiro atoms. The molecule has 0 nitrogen and oxygen atoms in total. The number of hydrogen-bond acceptors (Lipinski definition) is 0. The molecule has 0 aromatic heterocycles. The van der Waals surface area contributed by atoms with Crippen LogP contribution in [0.3, 0.4) is 0 Å². The fraction of sp³-hybridized carbons (Fsp3) is 0.115. The summed E-state index contributed by atoms with van der Waals surface area (Å²) in [4.78, 5) is 0. The van der Waals surface area contributed by atoms with Gasteiger partial charge in [-0.05, 0) is 0 Å². The van der Waals surface area contributed by atoms with Crippen LogP contribution in [0.15, 0.2) is 97.1 Å². The monoisotopic (exact) mass is 584 g/mol. The predicted molar refractivity (Wildman–Crippen MR) is 113 cm³/mol. The molecule has 0 unspecified atom stereocenters. The molecular formula is C26H22Cl2Hf. The number of fused-ring (bicyclic) bond motifs is 3. The molecule has 3 aromatic rings. The number of rotatable bonds is 3. The Morgan fingerprint density at radius 2 is 1.41 bits per heavy atom. The van der Waals surface area contributed by atoms with E-state index in [1.54, 1.807) is 12.1 Å². The van der Waals surface area contributed by atoms with E-state index in [1.807, 2.05) is 0 Å². The Bertz CT molecular complexity index is 1100. The molecular weight excluding hydrogens is 562 g/mol. The largest absolute Gasteiger partial charge is 1.00 e. The first-order valence-electron chi connectivity index (χ1n) is 9.64. The minimum Gasteiger partial charge on any atom is -1.00 e. The number of allylic oxidation sites excluding steroid dienone is 4. The third kappa shape index (κ3) is 4.06. The van der Waals surface area contributed by atoms with Gasteiger partial charge in [0.1, 0.15) is 0 Å². The van der Waals surface area contributed by atoms with Crippen LogP contribution < -0.4 is 28.1 Å². The maximum atomic E-state index is 2.44. The first-order chi connectivity index (χ1) is 13.3. The summed E-state index contributed by atoms with van der Waals surface area (Å²) < 4.78 is 3.98. The quantitative estimate of drug-likeness (QED) is 0.290. The summed E-state index contributed by atoms with van der Waals surface area (Å²) in [5.74, 6) is 0. The van der Waals surface area contributed by atoms with Crippen molar-refractivity contribution in [3.8, 4) is 11.1 Å². The second-order valence-electron chi connectivity index (χ2n) is 7.37. The third-order valence-electron chi connectivity index (χ3n) is 5.83. The Hall–Kier alpha value is -1.54. The van der Waals surface area contributed by atoms with Crippen LogP contribution in [0, 0.1) is 0 Å². The molecule has 29 heavy (non-hydrogen) atoms. The Balaban J connectivity index is 0.00000120. The molecule has 144 valence electrons. The van der Waals surface area contributed by atoms with Gasteiger partial charge in [-0.1, -0.05) is 0 Å². The molecule has 0 aliphatic heterocycles. The zero-order chi connectivity index (χ0) is 18.2. The average molecular weight is 584 g/mol. The second-order valence-corrected chi connectivity index (χ2v) is 17.4. The van der Waals surface area contributed by atoms with Gasteiger partial charge >= 0.3 is 169 Å². The van der Waals surface area contributed by atoms with Crippen molar-refractivity contribution in [2.75, 3.05) is 0 Å². The summed E-state index contributed by atoms with van der Waals surface area (Å²) in [7, 11) is 0. The van der Waals surface area contributed by atoms with Crippen LogP contribution in [-0.4, -0.2) is 3.26 Å². The van der Waals surface area contributed by atoms with Crippen LogP contribution in [0.5, 0.6) is 0 Å². The van der Waals surface area contributed by atoms with Crippen LogP contribution in [0.25, 0.3) is 11.1 Å². The molecule has 0 fully saturated rings. The summed E-state index contributed by atoms with van der Waals surface area (Å²) in [6, 6.07) is 27.1. The van der Waals surface area contributed by atoms with E-state index in [0.29, 0.717) is 3.67 Å². The van der Waals surface area contributed by atoms with Crippen molar-refractivity contribution in [1.82, 2.24) is 0 Å². The molecule has 2 aliphatic rings. The first-order valence-corrected chi connectivity index (χ1v) is 15.3. The van der Waals surface area contributed by atoms with Gasteiger partial charge in [0.15, 0.2) is 0 Å². The molecule has 0 saturated heterocycles. The van der Waals surface area contributed by atoms with Gasteiger partial charge in [0.05, 0.1) is 0 Å². The molecule has 0 bridgehead atoms. The molecule has 3 aromatic carbocycles. The molecule has 5 rings (SSSR count). The SMILES string of the molecule is C[C](c1ccccc1)=[Hf+2]([c]1cccc2c1Cc1ccccc1-2)[CH]1C=CC=C1.[Cl-].[Cl-]. The van der Waals surface area contributed by atoms with E-state index in [0.717, 1.165) is 6.42 Å². The maximum Gasteiger partial charge on any atom is -1.00 e. The molecule has 0 N–H and O–H groups in total. The van der Waals surface area contributed by atoms with Crippen molar-refractivity contribution in [2.24, 2.45) is 0 Å². The molecule has 0 amide bonds. The van der Waals surface area contributed by atoms with E-state index in [-0.39, 0.29) is 24.8 Å². The van der Waals surface area contributed by atoms with Crippen LogP contribution in [-0.2, 0) is 27.4 Å². The van der Waals surface area contributed by atoms with Crippen molar-refractivity contribution in [3.63, 3.8) is 0 Å². The molecule has 3 heteroatoms. The Morgan fingerprint density at radius 1 is 0.759 bits per heavy atom. The normalized spacial score (nSPS) is 13.9. The van der Waals surface area contributed by atoms with Crippen LogP contribution >= 0.6 is 0 Å². The Morgan fingerprint density at radius 3 is 2.17 bits per heavy atom. The van der Waals surface area contributed by atoms with Crippen molar-refractivity contribution in [1.29, 1.82) is 0 Å². The van der Waals surface area contributed by atoms with Crippen molar-refractivity contribution in [2.45, 2.75) is 17.0 Å². The molecule has 0 heterocycles. The standard InChI is InChI=1S/C13H9.C8H8.C5H5.2ClH.Hf/c1-3-7-12-10(5-1)9-11-6-2-4-8-13(11)12;1-2-8-6-4-3-5-7-8;1-2-4-5-3-1;;;/h1-5,7-8H,9H2;3-7H,1H3;1-5H;2*1H;/q;;;;;+2/p-2. The number of hydrogen-bond donors (Lipinski definition) is 0. The molecule has 0 atom stereocenters. The van der Waals surface area contributed by atoms with E-state index >= 15 is 0 Å². The van der Waals surface area contributed by atoms with Crippen molar-refractivity contribution in [3.05, 3.63) is 114 Å². The van der Waals surface area contributed by atoms with E-state index in [9.17, 15) is 0 Å². The molecule has 0 saturated carbocycles. The minimum absolute atomic E-state index is 0. The Labute approximate surface area is 193 Å². The zero-order valence-electron chi connectivity index (χ0n) is 16.3. The van der Waals surface area contributed by atoms with E-state index in [2.05, 4.69) is 104 Å². The number of halogens is 2. The second kappa shape index (κ2) is 9.51. The maximum absolute atomic E-state index is 2.44. The Kier molecular flexibility index (Phi) is 7.27.